The van der Waals surface area contributed by atoms with Crippen LogP contribution in [0.2, 0.25) is 0 Å². The minimum absolute atomic E-state index is 0.0190. The van der Waals surface area contributed by atoms with E-state index in [-0.39, 0.29) is 28.6 Å². The summed E-state index contributed by atoms with van der Waals surface area (Å²) in [5, 5.41) is 17.3. The molecule has 0 unspecified atom stereocenters. The zero-order valence-electron chi connectivity index (χ0n) is 15.6. The van der Waals surface area contributed by atoms with E-state index in [2.05, 4.69) is 31.4 Å². The van der Waals surface area contributed by atoms with E-state index in [9.17, 15) is 14.9 Å². The third-order valence-corrected chi connectivity index (χ3v) is 4.34. The number of rotatable bonds is 6. The number of benzene rings is 2. The van der Waals surface area contributed by atoms with Crippen LogP contribution in [0.25, 0.3) is 0 Å². The maximum atomic E-state index is 11.8. The molecule has 1 atom stereocenters. The molecule has 0 aliphatic rings. The minimum Gasteiger partial charge on any atom is -0.376 e. The molecule has 0 aliphatic heterocycles. The Morgan fingerprint density at radius 3 is 2.35 bits per heavy atom. The Balaban J connectivity index is 2.35. The van der Waals surface area contributed by atoms with Crippen LogP contribution in [-0.4, -0.2) is 23.9 Å². The molecule has 2 rings (SSSR count). The van der Waals surface area contributed by atoms with Gasteiger partial charge in [-0.15, -0.1) is 0 Å². The van der Waals surface area contributed by atoms with Crippen molar-refractivity contribution in [3.8, 4) is 0 Å². The average Bonchev–Trinajstić information content (AvgIpc) is 2.60. The van der Waals surface area contributed by atoms with Crippen LogP contribution in [0.1, 0.15) is 36.7 Å². The van der Waals surface area contributed by atoms with E-state index in [0.717, 1.165) is 12.0 Å². The lowest BCUT2D eigenvalue weighted by atomic mass is 9.82. The lowest BCUT2D eigenvalue weighted by molar-refractivity contribution is -0.384. The highest BCUT2D eigenvalue weighted by atomic mass is 16.6. The van der Waals surface area contributed by atoms with E-state index in [4.69, 9.17) is 0 Å². The van der Waals surface area contributed by atoms with Gasteiger partial charge in [0.05, 0.1) is 4.92 Å². The van der Waals surface area contributed by atoms with Gasteiger partial charge >= 0.3 is 0 Å². The minimum atomic E-state index is -0.461. The predicted octanol–water partition coefficient (Wildman–Crippen LogP) is 4.02. The molecule has 1 amide bonds. The topological polar surface area (TPSA) is 84.3 Å². The Labute approximate surface area is 153 Å². The third kappa shape index (κ3) is 4.81. The van der Waals surface area contributed by atoms with Crippen LogP contribution in [-0.2, 0) is 6.42 Å². The summed E-state index contributed by atoms with van der Waals surface area (Å²) >= 11 is 0. The van der Waals surface area contributed by atoms with Crippen molar-refractivity contribution in [2.75, 3.05) is 12.4 Å². The Hall–Kier alpha value is -2.89. The lowest BCUT2D eigenvalue weighted by Crippen LogP contribution is -2.36. The van der Waals surface area contributed by atoms with E-state index < -0.39 is 4.92 Å². The third-order valence-electron chi connectivity index (χ3n) is 4.34. The van der Waals surface area contributed by atoms with Gasteiger partial charge in [-0.05, 0) is 29.5 Å². The largest absolute Gasteiger partial charge is 0.376 e. The number of nitrogens with zero attached hydrogens (tertiary/aromatic N) is 1. The van der Waals surface area contributed by atoms with Crippen LogP contribution in [0, 0.1) is 15.5 Å². The number of anilines is 1. The molecule has 138 valence electrons. The summed E-state index contributed by atoms with van der Waals surface area (Å²) in [6.07, 6.45) is 0.735. The number of nitrogens with one attached hydrogen (secondary N) is 2. The predicted molar refractivity (Wildman–Crippen MR) is 103 cm³/mol. The highest BCUT2D eigenvalue weighted by molar-refractivity contribution is 5.95. The molecule has 6 nitrogen and oxygen atoms in total. The van der Waals surface area contributed by atoms with Crippen LogP contribution in [0.3, 0.4) is 0 Å². The Kier molecular flexibility index (Phi) is 5.97. The van der Waals surface area contributed by atoms with E-state index in [1.165, 1.54) is 13.1 Å². The second-order valence-electron chi connectivity index (χ2n) is 7.32. The van der Waals surface area contributed by atoms with Gasteiger partial charge in [-0.2, -0.15) is 0 Å². The fraction of sp³-hybridized carbons (Fsp3) is 0.350. The molecular weight excluding hydrogens is 330 g/mol. The maximum Gasteiger partial charge on any atom is 0.293 e. The van der Waals surface area contributed by atoms with Gasteiger partial charge in [-0.1, -0.05) is 51.1 Å². The van der Waals surface area contributed by atoms with Gasteiger partial charge in [0.15, 0.2) is 0 Å². The number of hydrogen-bond acceptors (Lipinski definition) is 4. The normalized spacial score (nSPS) is 12.3. The summed E-state index contributed by atoms with van der Waals surface area (Å²) < 4.78 is 0. The van der Waals surface area contributed by atoms with E-state index in [0.29, 0.717) is 5.69 Å². The van der Waals surface area contributed by atoms with Gasteiger partial charge in [0, 0.05) is 24.7 Å². The van der Waals surface area contributed by atoms with Gasteiger partial charge in [-0.25, -0.2) is 0 Å². The van der Waals surface area contributed by atoms with Gasteiger partial charge < -0.3 is 10.6 Å². The first kappa shape index (κ1) is 19.4. The number of nitro benzene ring substituents is 1. The molecule has 26 heavy (non-hydrogen) atoms. The summed E-state index contributed by atoms with van der Waals surface area (Å²) in [4.78, 5) is 22.8. The molecule has 0 aliphatic carbocycles. The van der Waals surface area contributed by atoms with Crippen molar-refractivity contribution >= 4 is 17.3 Å². The average molecular weight is 355 g/mol. The molecule has 2 N–H and O–H groups in total. The standard InChI is InChI=1S/C20H25N3O3/c1-20(2,3)18(12-14-8-6-5-7-9-14)22-16-11-10-15(19(24)21-4)13-17(16)23(25)26/h5-11,13,18,22H,12H2,1-4H3,(H,21,24)/t18-/m0/s1. The molecule has 0 heterocycles. The van der Waals surface area contributed by atoms with Gasteiger partial charge in [0.25, 0.3) is 11.6 Å². The Bertz CT molecular complexity index is 783. The van der Waals surface area contributed by atoms with Gasteiger partial charge in [0.1, 0.15) is 5.69 Å². The van der Waals surface area contributed by atoms with Crippen LogP contribution in [0.4, 0.5) is 11.4 Å². The first-order valence-corrected chi connectivity index (χ1v) is 8.53. The van der Waals surface area contributed by atoms with Crippen molar-refractivity contribution in [2.24, 2.45) is 5.41 Å². The monoisotopic (exact) mass is 355 g/mol. The zero-order valence-corrected chi connectivity index (χ0v) is 15.6. The van der Waals surface area contributed by atoms with Crippen molar-refractivity contribution in [2.45, 2.75) is 33.2 Å². The number of nitro groups is 1. The van der Waals surface area contributed by atoms with E-state index in [1.54, 1.807) is 12.1 Å². The molecule has 0 aromatic heterocycles. The summed E-state index contributed by atoms with van der Waals surface area (Å²) in [5.74, 6) is -0.351. The van der Waals surface area contributed by atoms with Crippen molar-refractivity contribution < 1.29 is 9.72 Å². The lowest BCUT2D eigenvalue weighted by Gasteiger charge is -2.32. The highest BCUT2D eigenvalue weighted by Gasteiger charge is 2.27. The molecule has 2 aromatic carbocycles. The number of amides is 1. The van der Waals surface area contributed by atoms with E-state index in [1.807, 2.05) is 30.3 Å². The Morgan fingerprint density at radius 1 is 1.15 bits per heavy atom. The van der Waals surface area contributed by atoms with Crippen LogP contribution in [0.5, 0.6) is 0 Å². The van der Waals surface area contributed by atoms with Crippen LogP contribution >= 0.6 is 0 Å². The number of carbonyl (C=O) groups excluding carboxylic acids is 1. The fourth-order valence-electron chi connectivity index (χ4n) is 2.70. The summed E-state index contributed by atoms with van der Waals surface area (Å²) in [6.45, 7) is 6.29. The first-order chi connectivity index (χ1) is 12.2. The molecule has 0 saturated carbocycles. The summed E-state index contributed by atoms with van der Waals surface area (Å²) in [5.41, 5.74) is 1.61. The van der Waals surface area contributed by atoms with Crippen molar-refractivity contribution in [1.29, 1.82) is 0 Å². The number of carbonyl (C=O) groups is 1. The summed E-state index contributed by atoms with van der Waals surface area (Å²) in [6, 6.07) is 14.5. The smallest absolute Gasteiger partial charge is 0.293 e. The quantitative estimate of drug-likeness (QED) is 0.605. The second kappa shape index (κ2) is 7.99. The van der Waals surface area contributed by atoms with Gasteiger partial charge in [-0.3, -0.25) is 14.9 Å². The number of hydrogen-bond donors (Lipinski definition) is 2. The van der Waals surface area contributed by atoms with Crippen molar-refractivity contribution in [1.82, 2.24) is 5.32 Å². The molecule has 6 heteroatoms. The molecule has 0 fully saturated rings. The van der Waals surface area contributed by atoms with Crippen LogP contribution < -0.4 is 10.6 Å². The van der Waals surface area contributed by atoms with Crippen molar-refractivity contribution in [3.63, 3.8) is 0 Å². The SMILES string of the molecule is CNC(=O)c1ccc(N[C@@H](Cc2ccccc2)C(C)(C)C)c([N+](=O)[O-])c1. The highest BCUT2D eigenvalue weighted by Crippen LogP contribution is 2.31. The molecule has 0 spiro atoms. The second-order valence-corrected chi connectivity index (χ2v) is 7.32. The molecule has 0 bridgehead atoms. The van der Waals surface area contributed by atoms with Gasteiger partial charge in [0.2, 0.25) is 0 Å². The van der Waals surface area contributed by atoms with E-state index >= 15 is 0 Å². The zero-order chi connectivity index (χ0) is 19.3. The molecule has 0 radical (unpaired) electrons. The first-order valence-electron chi connectivity index (χ1n) is 8.53. The van der Waals surface area contributed by atoms with Crippen molar-refractivity contribution in [3.05, 3.63) is 69.8 Å². The fourth-order valence-corrected chi connectivity index (χ4v) is 2.70. The summed E-state index contributed by atoms with van der Waals surface area (Å²) in [7, 11) is 1.50. The molecule has 0 saturated heterocycles. The molecule has 2 aromatic rings. The van der Waals surface area contributed by atoms with Crippen LogP contribution in [0.15, 0.2) is 48.5 Å². The maximum absolute atomic E-state index is 11.8. The Morgan fingerprint density at radius 2 is 1.81 bits per heavy atom. The molecular formula is C20H25N3O3.